The van der Waals surface area contributed by atoms with Crippen molar-refractivity contribution in [3.8, 4) is 6.07 Å². The molecule has 4 atom stereocenters. The van der Waals surface area contributed by atoms with Gasteiger partial charge in [0.1, 0.15) is 0 Å². The summed E-state index contributed by atoms with van der Waals surface area (Å²) in [5, 5.41) is 30.4. The van der Waals surface area contributed by atoms with Gasteiger partial charge in [-0.2, -0.15) is 5.26 Å². The van der Waals surface area contributed by atoms with Crippen molar-refractivity contribution >= 4 is 56.1 Å². The number of hydrogen-bond acceptors (Lipinski definition) is 8. The first kappa shape index (κ1) is 26.6. The summed E-state index contributed by atoms with van der Waals surface area (Å²) < 4.78 is 29.0. The van der Waals surface area contributed by atoms with Crippen molar-refractivity contribution in [1.82, 2.24) is 0 Å². The fourth-order valence-electron chi connectivity index (χ4n) is 1.96. The van der Waals surface area contributed by atoms with Crippen LogP contribution in [0.4, 0.5) is 4.39 Å². The van der Waals surface area contributed by atoms with E-state index in [2.05, 4.69) is 15.9 Å². The number of rotatable bonds is 13. The first-order valence-corrected chi connectivity index (χ1v) is 9.62. The van der Waals surface area contributed by atoms with Gasteiger partial charge in [-0.15, -0.1) is 0 Å². The Hall–Kier alpha value is -0.370. The van der Waals surface area contributed by atoms with Crippen LogP contribution in [0.2, 0.25) is 0 Å². The van der Waals surface area contributed by atoms with Gasteiger partial charge >= 0.3 is 15.7 Å². The zero-order valence-electron chi connectivity index (χ0n) is 14.5. The monoisotopic (exact) mass is 590 g/mol. The Morgan fingerprint density at radius 3 is 2.33 bits per heavy atom. The number of alkyl halides is 4. The van der Waals surface area contributed by atoms with E-state index in [-0.39, 0.29) is 13.2 Å². The van der Waals surface area contributed by atoms with Crippen LogP contribution in [0.3, 0.4) is 0 Å². The Balaban J connectivity index is 6.79. The minimum absolute atomic E-state index is 0.224. The third-order valence-electron chi connectivity index (χ3n) is 3.19. The second-order valence-electron chi connectivity index (χ2n) is 4.93. The summed E-state index contributed by atoms with van der Waals surface area (Å²) in [7, 11) is 0.844. The highest BCUT2D eigenvalue weighted by molar-refractivity contribution is 14.1. The molecule has 10 nitrogen and oxygen atoms in total. The van der Waals surface area contributed by atoms with Crippen LogP contribution in [0.1, 0.15) is 26.7 Å². The number of hydrogen-bond donors (Lipinski definition) is 1. The average molecular weight is 592 g/mol. The molecular weight excluding hydrogens is 573 g/mol. The SMILES string of the molecule is CCCOC(OCC)(OC(CC#N)(C(F)(Cl)Br)C(I)(OC)[N+](=O)[O-])C(=O)O. The van der Waals surface area contributed by atoms with Gasteiger partial charge in [-0.05, 0) is 29.3 Å². The lowest BCUT2D eigenvalue weighted by molar-refractivity contribution is -0.619. The Morgan fingerprint density at radius 1 is 1.48 bits per heavy atom. The highest BCUT2D eigenvalue weighted by Crippen LogP contribution is 2.54. The van der Waals surface area contributed by atoms with E-state index < -0.39 is 36.7 Å². The Bertz CT molecular complexity index is 592. The second-order valence-corrected chi connectivity index (χ2v) is 8.46. The maximum Gasteiger partial charge on any atom is 0.409 e. The molecule has 0 aromatic rings. The number of carbonyl (C=O) groups is 1. The van der Waals surface area contributed by atoms with Crippen LogP contribution in [-0.2, 0) is 23.7 Å². The van der Waals surface area contributed by atoms with E-state index in [1.165, 1.54) is 13.0 Å². The molecule has 0 saturated carbocycles. The molecule has 0 fully saturated rings. The molecule has 0 rings (SSSR count). The molecule has 156 valence electrons. The van der Waals surface area contributed by atoms with Crippen molar-refractivity contribution in [1.29, 1.82) is 5.26 Å². The standard InChI is InChI=1S/C13H18BrClFIN2O8/c1-4-8-26-11(9(20)21,25-5-2)27-10(6-7-18,12(14,15)16)13(17,24-3)19(22)23/h4-6,8H2,1-3H3,(H,20,21). The summed E-state index contributed by atoms with van der Waals surface area (Å²) in [6, 6.07) is 1.50. The molecule has 0 aliphatic carbocycles. The largest absolute Gasteiger partial charge is 0.475 e. The summed E-state index contributed by atoms with van der Waals surface area (Å²) in [4.78, 5) is 22.4. The minimum Gasteiger partial charge on any atom is -0.475 e. The van der Waals surface area contributed by atoms with Gasteiger partial charge in [0.2, 0.25) is 0 Å². The number of nitrogens with zero attached hydrogens (tertiary/aromatic N) is 2. The first-order valence-electron chi connectivity index (χ1n) is 7.37. The topological polar surface area (TPSA) is 141 Å². The van der Waals surface area contributed by atoms with Gasteiger partial charge in [-0.3, -0.25) is 14.9 Å². The fourth-order valence-corrected chi connectivity index (χ4v) is 3.89. The van der Waals surface area contributed by atoms with Gasteiger partial charge in [0.25, 0.3) is 9.64 Å². The molecule has 27 heavy (non-hydrogen) atoms. The number of ether oxygens (including phenoxy) is 4. The van der Waals surface area contributed by atoms with E-state index >= 15 is 4.39 Å². The lowest BCUT2D eigenvalue weighted by Gasteiger charge is -2.45. The van der Waals surface area contributed by atoms with E-state index in [0.29, 0.717) is 6.42 Å². The van der Waals surface area contributed by atoms with Gasteiger partial charge in [-0.25, -0.2) is 9.18 Å². The van der Waals surface area contributed by atoms with Crippen LogP contribution in [0.5, 0.6) is 0 Å². The maximum atomic E-state index is 15.0. The zero-order chi connectivity index (χ0) is 21.5. The van der Waals surface area contributed by atoms with E-state index in [1.807, 2.05) is 0 Å². The molecule has 0 aliphatic heterocycles. The van der Waals surface area contributed by atoms with Gasteiger partial charge in [-0.1, -0.05) is 18.5 Å². The second kappa shape index (κ2) is 10.4. The summed E-state index contributed by atoms with van der Waals surface area (Å²) in [6.45, 7) is 2.52. The van der Waals surface area contributed by atoms with Crippen molar-refractivity contribution in [2.24, 2.45) is 0 Å². The first-order chi connectivity index (χ1) is 12.3. The van der Waals surface area contributed by atoms with Crippen molar-refractivity contribution in [3.63, 3.8) is 0 Å². The van der Waals surface area contributed by atoms with Gasteiger partial charge in [0.05, 0.1) is 53.2 Å². The highest BCUT2D eigenvalue weighted by atomic mass is 127. The number of aliphatic carboxylic acids is 1. The molecule has 4 unspecified atom stereocenters. The smallest absolute Gasteiger partial charge is 0.409 e. The van der Waals surface area contributed by atoms with Crippen LogP contribution in [-0.4, -0.2) is 55.7 Å². The number of methoxy groups -OCH3 is 1. The molecule has 0 amide bonds. The number of carboxylic acid groups (broad SMARTS) is 1. The molecule has 0 aliphatic rings. The summed E-state index contributed by atoms with van der Waals surface area (Å²) >= 11 is 9.13. The van der Waals surface area contributed by atoms with Crippen molar-refractivity contribution in [2.45, 2.75) is 46.0 Å². The average Bonchev–Trinajstić information content (AvgIpc) is 2.56. The summed E-state index contributed by atoms with van der Waals surface area (Å²) in [5.74, 6) is -4.86. The van der Waals surface area contributed by atoms with Crippen LogP contribution in [0.15, 0.2) is 0 Å². The van der Waals surface area contributed by atoms with E-state index in [9.17, 15) is 20.0 Å². The van der Waals surface area contributed by atoms with E-state index in [1.54, 1.807) is 6.92 Å². The van der Waals surface area contributed by atoms with Crippen LogP contribution in [0.25, 0.3) is 0 Å². The van der Waals surface area contributed by atoms with Crippen LogP contribution < -0.4 is 0 Å². The predicted molar refractivity (Wildman–Crippen MR) is 102 cm³/mol. The molecular formula is C13H18BrClFIN2O8. The molecule has 0 heterocycles. The molecule has 0 aromatic heterocycles. The number of carboxylic acids is 1. The maximum absolute atomic E-state index is 15.0. The Kier molecular flexibility index (Phi) is 10.3. The predicted octanol–water partition coefficient (Wildman–Crippen LogP) is 3.13. The van der Waals surface area contributed by atoms with Crippen molar-refractivity contribution < 1.29 is 38.2 Å². The van der Waals surface area contributed by atoms with Gasteiger partial charge in [0, 0.05) is 7.11 Å². The molecule has 1 N–H and O–H groups in total. The van der Waals surface area contributed by atoms with Crippen molar-refractivity contribution in [3.05, 3.63) is 10.1 Å². The summed E-state index contributed by atoms with van der Waals surface area (Å²) in [5.41, 5.74) is -3.03. The lowest BCUT2D eigenvalue weighted by atomic mass is 9.98. The quantitative estimate of drug-likeness (QED) is 0.0854. The van der Waals surface area contributed by atoms with Crippen LogP contribution in [0, 0.1) is 21.4 Å². The molecule has 0 aromatic carbocycles. The normalized spacial score (nSPS) is 20.4. The molecule has 0 spiro atoms. The lowest BCUT2D eigenvalue weighted by Crippen LogP contribution is -2.69. The van der Waals surface area contributed by atoms with Gasteiger partial charge in [0.15, 0.2) is 0 Å². The van der Waals surface area contributed by atoms with E-state index in [0.717, 1.165) is 29.7 Å². The Labute approximate surface area is 181 Å². The minimum atomic E-state index is -3.34. The fraction of sp³-hybridized carbons (Fsp3) is 0.846. The third kappa shape index (κ3) is 5.37. The van der Waals surface area contributed by atoms with Gasteiger partial charge < -0.3 is 19.3 Å². The Morgan fingerprint density at radius 2 is 2.04 bits per heavy atom. The number of nitriles is 1. The number of nitro groups is 1. The van der Waals surface area contributed by atoms with Crippen LogP contribution >= 0.6 is 50.1 Å². The van der Waals surface area contributed by atoms with E-state index in [4.69, 9.17) is 35.8 Å². The molecule has 0 saturated heterocycles. The highest BCUT2D eigenvalue weighted by Gasteiger charge is 2.76. The molecule has 14 heteroatoms. The third-order valence-corrected chi connectivity index (χ3v) is 5.84. The molecule has 0 radical (unpaired) electrons. The van der Waals surface area contributed by atoms with Crippen molar-refractivity contribution in [2.75, 3.05) is 20.3 Å². The summed E-state index contributed by atoms with van der Waals surface area (Å²) in [6.07, 6.45) is -0.796. The zero-order valence-corrected chi connectivity index (χ0v) is 19.0. The molecule has 0 bridgehead atoms. The number of halogens is 4.